The minimum Gasteiger partial charge on any atom is -0.488 e. The van der Waals surface area contributed by atoms with Crippen molar-refractivity contribution in [1.29, 1.82) is 0 Å². The van der Waals surface area contributed by atoms with Gasteiger partial charge in [-0.1, -0.05) is 28.1 Å². The number of halogens is 1. The van der Waals surface area contributed by atoms with Gasteiger partial charge in [0.2, 0.25) is 0 Å². The summed E-state index contributed by atoms with van der Waals surface area (Å²) in [6.45, 7) is 4.74. The van der Waals surface area contributed by atoms with Crippen molar-refractivity contribution >= 4 is 33.7 Å². The Hall–Kier alpha value is -4.76. The number of rotatable bonds is 11. The quantitative estimate of drug-likeness (QED) is 0.120. The van der Waals surface area contributed by atoms with Crippen LogP contribution in [0.4, 0.5) is 5.69 Å². The third-order valence-corrected chi connectivity index (χ3v) is 7.35. The molecule has 43 heavy (non-hydrogen) atoms. The van der Waals surface area contributed by atoms with Gasteiger partial charge in [0.1, 0.15) is 30.5 Å². The van der Waals surface area contributed by atoms with E-state index in [4.69, 9.17) is 13.9 Å². The highest BCUT2D eigenvalue weighted by Gasteiger charge is 2.12. The molecule has 0 spiro atoms. The van der Waals surface area contributed by atoms with Gasteiger partial charge in [-0.25, -0.2) is 5.43 Å². The summed E-state index contributed by atoms with van der Waals surface area (Å²) in [5, 5.41) is 4.15. The largest absolute Gasteiger partial charge is 0.488 e. The molecule has 0 saturated carbocycles. The number of ether oxygens (including phenoxy) is 2. The molecular weight excluding hydrogens is 608 g/mol. The van der Waals surface area contributed by atoms with Gasteiger partial charge in [0.25, 0.3) is 0 Å². The van der Waals surface area contributed by atoms with E-state index in [1.807, 2.05) is 85.7 Å². The third kappa shape index (κ3) is 7.55. The lowest BCUT2D eigenvalue weighted by molar-refractivity contribution is 0.0923. The van der Waals surface area contributed by atoms with Gasteiger partial charge in [-0.3, -0.25) is 4.79 Å². The summed E-state index contributed by atoms with van der Waals surface area (Å²) < 4.78 is 20.9. The summed E-state index contributed by atoms with van der Waals surface area (Å²) in [6.07, 6.45) is 1.56. The van der Waals surface area contributed by atoms with E-state index in [9.17, 15) is 4.79 Å². The summed E-state index contributed by atoms with van der Waals surface area (Å²) in [5.41, 5.74) is 8.69. The average Bonchev–Trinajstić information content (AvgIpc) is 3.62. The monoisotopic (exact) mass is 640 g/mol. The SMILES string of the molecule is Cc1ccc(C)n1-c1ccc(OCc2ccc(C(=O)N/N=C/c3ccc(N(C)C)cc3OCc3ccc(Br)cc3)o2)cc1. The van der Waals surface area contributed by atoms with Gasteiger partial charge in [0.15, 0.2) is 5.76 Å². The smallest absolute Gasteiger partial charge is 0.307 e. The number of aromatic nitrogens is 1. The normalized spacial score (nSPS) is 11.1. The van der Waals surface area contributed by atoms with Gasteiger partial charge in [-0.2, -0.15) is 5.10 Å². The number of anilines is 1. The molecule has 2 aromatic heterocycles. The molecule has 0 radical (unpaired) electrons. The van der Waals surface area contributed by atoms with Crippen LogP contribution in [0.5, 0.6) is 11.5 Å². The molecule has 3 aromatic carbocycles. The Kier molecular flexibility index (Phi) is 9.32. The van der Waals surface area contributed by atoms with Gasteiger partial charge in [0.05, 0.1) is 6.21 Å². The zero-order valence-corrected chi connectivity index (χ0v) is 26.1. The number of furan rings is 1. The van der Waals surface area contributed by atoms with Crippen molar-refractivity contribution in [1.82, 2.24) is 9.99 Å². The van der Waals surface area contributed by atoms with E-state index >= 15 is 0 Å². The summed E-state index contributed by atoms with van der Waals surface area (Å²) in [4.78, 5) is 14.7. The number of hydrogen-bond donors (Lipinski definition) is 1. The number of benzene rings is 3. The topological polar surface area (TPSA) is 81.2 Å². The van der Waals surface area contributed by atoms with Crippen LogP contribution in [0.15, 0.2) is 105 Å². The second kappa shape index (κ2) is 13.5. The molecule has 0 atom stereocenters. The Morgan fingerprint density at radius 3 is 2.33 bits per heavy atom. The molecule has 1 amide bonds. The molecule has 220 valence electrons. The number of hydrazone groups is 1. The van der Waals surface area contributed by atoms with Crippen LogP contribution in [0.1, 0.15) is 38.8 Å². The predicted octanol–water partition coefficient (Wildman–Crippen LogP) is 7.44. The molecule has 0 aliphatic carbocycles. The van der Waals surface area contributed by atoms with Gasteiger partial charge < -0.3 is 23.4 Å². The zero-order chi connectivity index (χ0) is 30.3. The van der Waals surface area contributed by atoms with E-state index in [1.165, 1.54) is 11.4 Å². The van der Waals surface area contributed by atoms with E-state index < -0.39 is 5.91 Å². The second-order valence-electron chi connectivity index (χ2n) is 10.2. The third-order valence-electron chi connectivity index (χ3n) is 6.82. The van der Waals surface area contributed by atoms with E-state index in [-0.39, 0.29) is 12.4 Å². The molecule has 0 unspecified atom stereocenters. The molecule has 5 rings (SSSR count). The van der Waals surface area contributed by atoms with Crippen molar-refractivity contribution in [2.24, 2.45) is 5.10 Å². The summed E-state index contributed by atoms with van der Waals surface area (Å²) in [6, 6.07) is 29.1. The highest BCUT2D eigenvalue weighted by atomic mass is 79.9. The van der Waals surface area contributed by atoms with Gasteiger partial charge in [-0.05, 0) is 92.2 Å². The molecule has 5 aromatic rings. The van der Waals surface area contributed by atoms with Crippen molar-refractivity contribution in [3.05, 3.63) is 130 Å². The Balaban J connectivity index is 1.17. The summed E-state index contributed by atoms with van der Waals surface area (Å²) >= 11 is 3.45. The maximum atomic E-state index is 12.7. The fourth-order valence-electron chi connectivity index (χ4n) is 4.49. The van der Waals surface area contributed by atoms with Crippen LogP contribution in [0.2, 0.25) is 0 Å². The van der Waals surface area contributed by atoms with Crippen LogP contribution in [-0.4, -0.2) is 30.8 Å². The van der Waals surface area contributed by atoms with Crippen LogP contribution < -0.4 is 19.8 Å². The Morgan fingerprint density at radius 2 is 1.63 bits per heavy atom. The average molecular weight is 642 g/mol. The highest BCUT2D eigenvalue weighted by Crippen LogP contribution is 2.25. The predicted molar refractivity (Wildman–Crippen MR) is 173 cm³/mol. The maximum absolute atomic E-state index is 12.7. The molecule has 9 heteroatoms. The fraction of sp³-hybridized carbons (Fsp3) is 0.176. The Morgan fingerprint density at radius 1 is 0.907 bits per heavy atom. The lowest BCUT2D eigenvalue weighted by Crippen LogP contribution is -2.17. The lowest BCUT2D eigenvalue weighted by Gasteiger charge is -2.16. The lowest BCUT2D eigenvalue weighted by atomic mass is 10.2. The minimum absolute atomic E-state index is 0.138. The number of amides is 1. The van der Waals surface area contributed by atoms with Gasteiger partial charge in [0, 0.05) is 53.0 Å². The number of carbonyl (C=O) groups is 1. The molecule has 0 aliphatic rings. The van der Waals surface area contributed by atoms with Crippen LogP contribution in [0.3, 0.4) is 0 Å². The van der Waals surface area contributed by atoms with Gasteiger partial charge >= 0.3 is 5.91 Å². The first-order valence-corrected chi connectivity index (χ1v) is 14.5. The van der Waals surface area contributed by atoms with Crippen LogP contribution in [0, 0.1) is 13.8 Å². The van der Waals surface area contributed by atoms with Gasteiger partial charge in [-0.15, -0.1) is 0 Å². The molecule has 2 heterocycles. The van der Waals surface area contributed by atoms with E-state index in [0.717, 1.165) is 27.0 Å². The summed E-state index contributed by atoms with van der Waals surface area (Å²) in [5.74, 6) is 1.55. The number of nitrogens with one attached hydrogen (secondary N) is 1. The number of nitrogens with zero attached hydrogens (tertiary/aromatic N) is 3. The van der Waals surface area contributed by atoms with Crippen molar-refractivity contribution in [2.45, 2.75) is 27.1 Å². The van der Waals surface area contributed by atoms with Crippen LogP contribution in [-0.2, 0) is 13.2 Å². The molecular formula is C34H33BrN4O4. The standard InChI is InChI=1S/C34H33BrN4O4/c1-23-5-6-24(2)39(23)28-13-15-30(16-14-28)41-22-31-17-18-32(43-31)34(40)37-36-20-26-9-12-29(38(3)4)19-33(26)42-21-25-7-10-27(35)11-8-25/h5-20H,21-22H2,1-4H3,(H,37,40)/b36-20+. The molecule has 0 aliphatic heterocycles. The highest BCUT2D eigenvalue weighted by molar-refractivity contribution is 9.10. The minimum atomic E-state index is -0.466. The maximum Gasteiger partial charge on any atom is 0.307 e. The molecule has 0 fully saturated rings. The first kappa shape index (κ1) is 29.7. The first-order valence-electron chi connectivity index (χ1n) is 13.8. The van der Waals surface area contributed by atoms with E-state index in [1.54, 1.807) is 18.3 Å². The van der Waals surface area contributed by atoms with Crippen molar-refractivity contribution in [2.75, 3.05) is 19.0 Å². The van der Waals surface area contributed by atoms with Crippen molar-refractivity contribution in [3.8, 4) is 17.2 Å². The number of aryl methyl sites for hydroxylation is 2. The number of carbonyl (C=O) groups excluding carboxylic acids is 1. The molecule has 8 nitrogen and oxygen atoms in total. The molecule has 0 bridgehead atoms. The zero-order valence-electron chi connectivity index (χ0n) is 24.5. The second-order valence-corrected chi connectivity index (χ2v) is 11.1. The van der Waals surface area contributed by atoms with E-state index in [2.05, 4.69) is 57.0 Å². The molecule has 1 N–H and O–H groups in total. The van der Waals surface area contributed by atoms with Crippen molar-refractivity contribution in [3.63, 3.8) is 0 Å². The van der Waals surface area contributed by atoms with Crippen molar-refractivity contribution < 1.29 is 18.7 Å². The Labute approximate surface area is 259 Å². The molecule has 0 saturated heterocycles. The number of hydrogen-bond acceptors (Lipinski definition) is 6. The summed E-state index contributed by atoms with van der Waals surface area (Å²) in [7, 11) is 3.93. The fourth-order valence-corrected chi connectivity index (χ4v) is 4.75. The first-order chi connectivity index (χ1) is 20.8. The van der Waals surface area contributed by atoms with E-state index in [0.29, 0.717) is 23.9 Å². The van der Waals surface area contributed by atoms with Crippen LogP contribution in [0.25, 0.3) is 5.69 Å². The Bertz CT molecular complexity index is 1700. The van der Waals surface area contributed by atoms with Crippen LogP contribution >= 0.6 is 15.9 Å².